The van der Waals surface area contributed by atoms with E-state index >= 15 is 0 Å². The fraction of sp³-hybridized carbons (Fsp3) is 0.500. The Morgan fingerprint density at radius 3 is 2.43 bits per heavy atom. The van der Waals surface area contributed by atoms with Gasteiger partial charge < -0.3 is 10.2 Å². The Bertz CT molecular complexity index is 284. The Kier molecular flexibility index (Phi) is 2.85. The van der Waals surface area contributed by atoms with E-state index in [4.69, 9.17) is 0 Å². The van der Waals surface area contributed by atoms with Crippen LogP contribution >= 0.6 is 0 Å². The van der Waals surface area contributed by atoms with Gasteiger partial charge in [-0.2, -0.15) is 0 Å². The van der Waals surface area contributed by atoms with Gasteiger partial charge in [0, 0.05) is 5.92 Å². The van der Waals surface area contributed by atoms with Gasteiger partial charge in [0.05, 0.1) is 12.2 Å². The minimum absolute atomic E-state index is 0.111. The van der Waals surface area contributed by atoms with E-state index in [0.717, 1.165) is 24.8 Å². The fourth-order valence-corrected chi connectivity index (χ4v) is 2.22. The van der Waals surface area contributed by atoms with Crippen LogP contribution in [0.15, 0.2) is 30.3 Å². The van der Waals surface area contributed by atoms with Gasteiger partial charge in [0.2, 0.25) is 0 Å². The zero-order valence-corrected chi connectivity index (χ0v) is 8.13. The van der Waals surface area contributed by atoms with E-state index in [2.05, 4.69) is 0 Å². The lowest BCUT2D eigenvalue weighted by atomic mass is 9.80. The van der Waals surface area contributed by atoms with Crippen LogP contribution in [0.4, 0.5) is 0 Å². The van der Waals surface area contributed by atoms with Crippen LogP contribution in [0.2, 0.25) is 0 Å². The maximum atomic E-state index is 9.84. The SMILES string of the molecule is OC1CCCC(c2ccccc2)C1O. The molecule has 0 radical (unpaired) electrons. The van der Waals surface area contributed by atoms with Crippen molar-refractivity contribution in [1.82, 2.24) is 0 Å². The van der Waals surface area contributed by atoms with Crippen LogP contribution in [0.3, 0.4) is 0 Å². The first-order valence-corrected chi connectivity index (χ1v) is 5.20. The van der Waals surface area contributed by atoms with Gasteiger partial charge in [0.1, 0.15) is 0 Å². The molecule has 0 bridgehead atoms. The Morgan fingerprint density at radius 1 is 1.00 bits per heavy atom. The third-order valence-electron chi connectivity index (χ3n) is 3.05. The molecular weight excluding hydrogens is 176 g/mol. The second-order valence-corrected chi connectivity index (χ2v) is 4.01. The van der Waals surface area contributed by atoms with E-state index in [9.17, 15) is 10.2 Å². The highest BCUT2D eigenvalue weighted by molar-refractivity contribution is 5.21. The van der Waals surface area contributed by atoms with Crippen LogP contribution in [0.25, 0.3) is 0 Å². The van der Waals surface area contributed by atoms with Crippen LogP contribution in [0.5, 0.6) is 0 Å². The molecule has 2 N–H and O–H groups in total. The fourth-order valence-electron chi connectivity index (χ4n) is 2.22. The number of benzene rings is 1. The van der Waals surface area contributed by atoms with Crippen LogP contribution in [0, 0.1) is 0 Å². The molecular formula is C12H16O2. The lowest BCUT2D eigenvalue weighted by molar-refractivity contribution is -0.0227. The number of hydrogen-bond donors (Lipinski definition) is 2. The van der Waals surface area contributed by atoms with Crippen molar-refractivity contribution in [2.45, 2.75) is 37.4 Å². The summed E-state index contributed by atoms with van der Waals surface area (Å²) >= 11 is 0. The molecule has 1 aliphatic carbocycles. The Hall–Kier alpha value is -0.860. The quantitative estimate of drug-likeness (QED) is 0.710. The predicted molar refractivity (Wildman–Crippen MR) is 55.0 cm³/mol. The summed E-state index contributed by atoms with van der Waals surface area (Å²) in [6.45, 7) is 0. The highest BCUT2D eigenvalue weighted by atomic mass is 16.3. The minimum atomic E-state index is -0.592. The molecule has 0 amide bonds. The Labute approximate surface area is 84.2 Å². The van der Waals surface area contributed by atoms with Gasteiger partial charge in [0.15, 0.2) is 0 Å². The number of hydrogen-bond acceptors (Lipinski definition) is 2. The molecule has 76 valence electrons. The van der Waals surface area contributed by atoms with Crippen LogP contribution in [-0.4, -0.2) is 22.4 Å². The predicted octanol–water partition coefficient (Wildman–Crippen LogP) is 1.68. The van der Waals surface area contributed by atoms with Crippen LogP contribution < -0.4 is 0 Å². The standard InChI is InChI=1S/C12H16O2/c13-11-8-4-7-10(12(11)14)9-5-2-1-3-6-9/h1-3,5-6,10-14H,4,7-8H2. The summed E-state index contributed by atoms with van der Waals surface area (Å²) < 4.78 is 0. The molecule has 1 aromatic rings. The first kappa shape index (κ1) is 9.69. The summed E-state index contributed by atoms with van der Waals surface area (Å²) in [5.74, 6) is 0.111. The molecule has 1 saturated carbocycles. The maximum Gasteiger partial charge on any atom is 0.0867 e. The van der Waals surface area contributed by atoms with Crippen molar-refractivity contribution in [1.29, 1.82) is 0 Å². The van der Waals surface area contributed by atoms with E-state index in [1.54, 1.807) is 0 Å². The molecule has 0 aromatic heterocycles. The first-order chi connectivity index (χ1) is 6.79. The van der Waals surface area contributed by atoms with E-state index in [0.29, 0.717) is 0 Å². The molecule has 1 aromatic carbocycles. The van der Waals surface area contributed by atoms with Gasteiger partial charge in [-0.25, -0.2) is 0 Å². The summed E-state index contributed by atoms with van der Waals surface area (Å²) in [4.78, 5) is 0. The number of aliphatic hydroxyl groups is 2. The van der Waals surface area contributed by atoms with Crippen LogP contribution in [-0.2, 0) is 0 Å². The second-order valence-electron chi connectivity index (χ2n) is 4.01. The van der Waals surface area contributed by atoms with Gasteiger partial charge in [-0.15, -0.1) is 0 Å². The highest BCUT2D eigenvalue weighted by Gasteiger charge is 2.31. The average molecular weight is 192 g/mol. The van der Waals surface area contributed by atoms with Gasteiger partial charge in [-0.1, -0.05) is 36.8 Å². The van der Waals surface area contributed by atoms with Crippen molar-refractivity contribution in [2.24, 2.45) is 0 Å². The third kappa shape index (κ3) is 1.81. The number of aliphatic hydroxyl groups excluding tert-OH is 2. The van der Waals surface area contributed by atoms with Gasteiger partial charge in [-0.05, 0) is 18.4 Å². The summed E-state index contributed by atoms with van der Waals surface area (Å²) in [5, 5.41) is 19.4. The third-order valence-corrected chi connectivity index (χ3v) is 3.05. The zero-order chi connectivity index (χ0) is 9.97. The molecule has 3 unspecified atom stereocenters. The average Bonchev–Trinajstić information content (AvgIpc) is 2.23. The molecule has 14 heavy (non-hydrogen) atoms. The first-order valence-electron chi connectivity index (χ1n) is 5.20. The second kappa shape index (κ2) is 4.11. The monoisotopic (exact) mass is 192 g/mol. The Morgan fingerprint density at radius 2 is 1.71 bits per heavy atom. The van der Waals surface area contributed by atoms with E-state index in [1.165, 1.54) is 0 Å². The minimum Gasteiger partial charge on any atom is -0.390 e. The molecule has 1 aliphatic rings. The molecule has 3 atom stereocenters. The van der Waals surface area contributed by atoms with E-state index in [1.807, 2.05) is 30.3 Å². The van der Waals surface area contributed by atoms with E-state index < -0.39 is 12.2 Å². The van der Waals surface area contributed by atoms with Crippen molar-refractivity contribution >= 4 is 0 Å². The van der Waals surface area contributed by atoms with Crippen LogP contribution in [0.1, 0.15) is 30.7 Å². The summed E-state index contributed by atoms with van der Waals surface area (Å²) in [6, 6.07) is 9.96. The van der Waals surface area contributed by atoms with Gasteiger partial charge in [-0.3, -0.25) is 0 Å². The van der Waals surface area contributed by atoms with E-state index in [-0.39, 0.29) is 5.92 Å². The molecule has 0 saturated heterocycles. The maximum absolute atomic E-state index is 9.84. The molecule has 0 spiro atoms. The highest BCUT2D eigenvalue weighted by Crippen LogP contribution is 2.32. The molecule has 0 aliphatic heterocycles. The smallest absolute Gasteiger partial charge is 0.0867 e. The largest absolute Gasteiger partial charge is 0.390 e. The van der Waals surface area contributed by atoms with Crippen molar-refractivity contribution in [3.8, 4) is 0 Å². The van der Waals surface area contributed by atoms with Crippen molar-refractivity contribution in [3.05, 3.63) is 35.9 Å². The molecule has 0 heterocycles. The molecule has 1 fully saturated rings. The van der Waals surface area contributed by atoms with Crippen molar-refractivity contribution in [2.75, 3.05) is 0 Å². The zero-order valence-electron chi connectivity index (χ0n) is 8.13. The topological polar surface area (TPSA) is 40.5 Å². The van der Waals surface area contributed by atoms with Crippen molar-refractivity contribution in [3.63, 3.8) is 0 Å². The number of rotatable bonds is 1. The summed E-state index contributed by atoms with van der Waals surface area (Å²) in [7, 11) is 0. The van der Waals surface area contributed by atoms with Crippen molar-refractivity contribution < 1.29 is 10.2 Å². The molecule has 2 nitrogen and oxygen atoms in total. The normalized spacial score (nSPS) is 32.9. The lowest BCUT2D eigenvalue weighted by Crippen LogP contribution is -2.35. The Balaban J connectivity index is 2.17. The van der Waals surface area contributed by atoms with Gasteiger partial charge >= 0.3 is 0 Å². The molecule has 2 heteroatoms. The lowest BCUT2D eigenvalue weighted by Gasteiger charge is -2.32. The van der Waals surface area contributed by atoms with Gasteiger partial charge in [0.25, 0.3) is 0 Å². The summed E-state index contributed by atoms with van der Waals surface area (Å²) in [5.41, 5.74) is 1.14. The molecule has 2 rings (SSSR count). The summed E-state index contributed by atoms with van der Waals surface area (Å²) in [6.07, 6.45) is 1.56.